The fraction of sp³-hybridized carbons (Fsp3) is 0.250. The van der Waals surface area contributed by atoms with Gasteiger partial charge in [-0.2, -0.15) is 5.26 Å². The van der Waals surface area contributed by atoms with Gasteiger partial charge in [-0.3, -0.25) is 9.20 Å². The van der Waals surface area contributed by atoms with E-state index in [0.717, 1.165) is 6.40 Å². The van der Waals surface area contributed by atoms with E-state index in [-0.39, 0.29) is 23.4 Å². The maximum absolute atomic E-state index is 12.4. The zero-order chi connectivity index (χ0) is 16.8. The molecule has 118 valence electrons. The number of aliphatic imine (C=N–C) groups is 1. The fourth-order valence-electron chi connectivity index (χ4n) is 2.09. The van der Waals surface area contributed by atoms with Crippen molar-refractivity contribution in [1.82, 2.24) is 4.40 Å². The van der Waals surface area contributed by atoms with Gasteiger partial charge in [0.15, 0.2) is 6.40 Å². The third kappa shape index (κ3) is 3.06. The maximum Gasteiger partial charge on any atom is 0.342 e. The van der Waals surface area contributed by atoms with E-state index in [4.69, 9.17) is 9.47 Å². The molecule has 2 aromatic heterocycles. The monoisotopic (exact) mass is 313 g/mol. The van der Waals surface area contributed by atoms with Gasteiger partial charge >= 0.3 is 5.97 Å². The summed E-state index contributed by atoms with van der Waals surface area (Å²) in [5.41, 5.74) is -0.471. The highest BCUT2D eigenvalue weighted by atomic mass is 16.5. The molecule has 0 unspecified atom stereocenters. The number of pyridine rings is 2. The summed E-state index contributed by atoms with van der Waals surface area (Å²) < 4.78 is 11.3. The van der Waals surface area contributed by atoms with Crippen molar-refractivity contribution in [3.05, 3.63) is 45.9 Å². The molecule has 0 bridgehead atoms. The first-order chi connectivity index (χ1) is 11.2. The van der Waals surface area contributed by atoms with Gasteiger partial charge in [-0.25, -0.2) is 9.79 Å². The van der Waals surface area contributed by atoms with Crippen LogP contribution in [-0.2, 0) is 9.47 Å². The van der Waals surface area contributed by atoms with Crippen LogP contribution in [0.15, 0.2) is 34.2 Å². The number of nitriles is 1. The molecule has 0 saturated heterocycles. The molecule has 0 spiro atoms. The number of carbonyl (C=O) groups is 1. The lowest BCUT2D eigenvalue weighted by atomic mass is 10.1. The van der Waals surface area contributed by atoms with Crippen LogP contribution in [0, 0.1) is 11.3 Å². The Hall–Kier alpha value is -3.14. The minimum absolute atomic E-state index is 0.0457. The largest absolute Gasteiger partial charge is 0.483 e. The minimum atomic E-state index is -0.656. The Balaban J connectivity index is 2.88. The van der Waals surface area contributed by atoms with Gasteiger partial charge in [0, 0.05) is 6.20 Å². The average Bonchev–Trinajstić information content (AvgIpc) is 2.56. The molecule has 7 nitrogen and oxygen atoms in total. The van der Waals surface area contributed by atoms with Gasteiger partial charge in [0.25, 0.3) is 5.56 Å². The summed E-state index contributed by atoms with van der Waals surface area (Å²) in [6.45, 7) is 3.96. The van der Waals surface area contributed by atoms with Crippen molar-refractivity contribution < 1.29 is 14.3 Å². The van der Waals surface area contributed by atoms with Crippen molar-refractivity contribution in [1.29, 1.82) is 5.26 Å². The molecule has 0 amide bonds. The summed E-state index contributed by atoms with van der Waals surface area (Å²) in [4.78, 5) is 28.7. The Morgan fingerprint density at radius 2 is 2.17 bits per heavy atom. The number of hydrogen-bond acceptors (Lipinski definition) is 6. The number of hydrogen-bond donors (Lipinski definition) is 0. The highest BCUT2D eigenvalue weighted by Crippen LogP contribution is 2.26. The summed E-state index contributed by atoms with van der Waals surface area (Å²) in [5, 5.41) is 9.32. The molecular formula is C16H15N3O4. The number of esters is 1. The van der Waals surface area contributed by atoms with Gasteiger partial charge in [-0.1, -0.05) is 6.07 Å². The highest BCUT2D eigenvalue weighted by Gasteiger charge is 2.23. The smallest absolute Gasteiger partial charge is 0.342 e. The van der Waals surface area contributed by atoms with Crippen molar-refractivity contribution in [2.45, 2.75) is 13.8 Å². The molecule has 0 aliphatic heterocycles. The van der Waals surface area contributed by atoms with Gasteiger partial charge in [0.2, 0.25) is 0 Å². The van der Waals surface area contributed by atoms with Crippen molar-refractivity contribution in [2.24, 2.45) is 4.99 Å². The molecule has 0 aromatic carbocycles. The summed E-state index contributed by atoms with van der Waals surface area (Å²) >= 11 is 0. The molecule has 23 heavy (non-hydrogen) atoms. The predicted octanol–water partition coefficient (Wildman–Crippen LogP) is 2.04. The van der Waals surface area contributed by atoms with Gasteiger partial charge in [-0.05, 0) is 26.0 Å². The topological polar surface area (TPSA) is 93.2 Å². The van der Waals surface area contributed by atoms with Crippen LogP contribution in [0.4, 0.5) is 5.69 Å². The van der Waals surface area contributed by atoms with Crippen molar-refractivity contribution in [3.63, 3.8) is 0 Å². The van der Waals surface area contributed by atoms with Gasteiger partial charge in [0.05, 0.1) is 18.7 Å². The number of aromatic nitrogens is 1. The third-order valence-corrected chi connectivity index (χ3v) is 3.04. The third-order valence-electron chi connectivity index (χ3n) is 3.04. The van der Waals surface area contributed by atoms with Crippen molar-refractivity contribution in [3.8, 4) is 6.07 Å². The van der Waals surface area contributed by atoms with E-state index in [9.17, 15) is 14.9 Å². The minimum Gasteiger partial charge on any atom is -0.483 e. The Bertz CT molecular complexity index is 862. The van der Waals surface area contributed by atoms with Crippen LogP contribution in [0.5, 0.6) is 0 Å². The molecule has 2 aromatic rings. The second-order valence-corrected chi connectivity index (χ2v) is 4.38. The van der Waals surface area contributed by atoms with Crippen molar-refractivity contribution >= 4 is 23.6 Å². The molecule has 0 atom stereocenters. The lowest BCUT2D eigenvalue weighted by Gasteiger charge is -2.11. The van der Waals surface area contributed by atoms with E-state index in [1.54, 1.807) is 32.0 Å². The molecule has 0 aliphatic rings. The molecular weight excluding hydrogens is 298 g/mol. The highest BCUT2D eigenvalue weighted by molar-refractivity contribution is 6.03. The standard InChI is InChI=1S/C16H15N3O4/c1-3-22-10-18-14-11(9-17)15(20)19-8-6-5-7-12(19)13(14)16(21)23-4-2/h5-8,10H,3-4H2,1-2H3. The molecule has 2 heterocycles. The Morgan fingerprint density at radius 1 is 1.39 bits per heavy atom. The fourth-order valence-corrected chi connectivity index (χ4v) is 2.09. The quantitative estimate of drug-likeness (QED) is 0.478. The summed E-state index contributed by atoms with van der Waals surface area (Å²) in [6.07, 6.45) is 2.59. The van der Waals surface area contributed by atoms with Crippen LogP contribution in [0.3, 0.4) is 0 Å². The number of rotatable bonds is 5. The van der Waals surface area contributed by atoms with E-state index in [0.29, 0.717) is 12.1 Å². The number of nitrogens with zero attached hydrogens (tertiary/aromatic N) is 3. The molecule has 0 saturated carbocycles. The van der Waals surface area contributed by atoms with E-state index in [1.807, 2.05) is 6.07 Å². The molecule has 2 rings (SSSR count). The molecule has 0 aliphatic carbocycles. The average molecular weight is 313 g/mol. The lowest BCUT2D eigenvalue weighted by molar-refractivity contribution is 0.0529. The maximum atomic E-state index is 12.4. The first-order valence-electron chi connectivity index (χ1n) is 7.04. The van der Waals surface area contributed by atoms with E-state index in [1.165, 1.54) is 10.6 Å². The van der Waals surface area contributed by atoms with E-state index < -0.39 is 11.5 Å². The van der Waals surface area contributed by atoms with Crippen LogP contribution in [0.2, 0.25) is 0 Å². The molecule has 0 fully saturated rings. The lowest BCUT2D eigenvalue weighted by Crippen LogP contribution is -2.21. The second-order valence-electron chi connectivity index (χ2n) is 4.38. The first kappa shape index (κ1) is 16.2. The van der Waals surface area contributed by atoms with Crippen LogP contribution in [0.25, 0.3) is 5.52 Å². The number of fused-ring (bicyclic) bond motifs is 1. The Labute approximate surface area is 132 Å². The second kappa shape index (κ2) is 7.22. The first-order valence-corrected chi connectivity index (χ1v) is 7.04. The zero-order valence-electron chi connectivity index (χ0n) is 12.8. The summed E-state index contributed by atoms with van der Waals surface area (Å²) in [5.74, 6) is -0.656. The Morgan fingerprint density at radius 3 is 2.83 bits per heavy atom. The SMILES string of the molecule is CCOC=Nc1c(C#N)c(=O)n2ccccc2c1C(=O)OCC. The zero-order valence-corrected chi connectivity index (χ0v) is 12.8. The van der Waals surface area contributed by atoms with Crippen LogP contribution < -0.4 is 5.56 Å². The number of carbonyl (C=O) groups excluding carboxylic acids is 1. The normalized spacial score (nSPS) is 10.7. The van der Waals surface area contributed by atoms with Crippen molar-refractivity contribution in [2.75, 3.05) is 13.2 Å². The Kier molecular flexibility index (Phi) is 5.10. The summed E-state index contributed by atoms with van der Waals surface area (Å²) in [7, 11) is 0. The number of ether oxygens (including phenoxy) is 2. The van der Waals surface area contributed by atoms with Crippen LogP contribution >= 0.6 is 0 Å². The van der Waals surface area contributed by atoms with Crippen LogP contribution in [0.1, 0.15) is 29.8 Å². The van der Waals surface area contributed by atoms with E-state index in [2.05, 4.69) is 4.99 Å². The molecule has 0 radical (unpaired) electrons. The predicted molar refractivity (Wildman–Crippen MR) is 84.1 cm³/mol. The van der Waals surface area contributed by atoms with Gasteiger partial charge in [-0.15, -0.1) is 0 Å². The molecule has 0 N–H and O–H groups in total. The summed E-state index contributed by atoms with van der Waals surface area (Å²) in [6, 6.07) is 6.71. The van der Waals surface area contributed by atoms with Gasteiger partial charge < -0.3 is 9.47 Å². The van der Waals surface area contributed by atoms with Crippen LogP contribution in [-0.4, -0.2) is 30.0 Å². The molecule has 7 heteroatoms. The van der Waals surface area contributed by atoms with E-state index >= 15 is 0 Å². The van der Waals surface area contributed by atoms with Gasteiger partial charge in [0.1, 0.15) is 22.9 Å².